The molecule has 0 bridgehead atoms. The van der Waals surface area contributed by atoms with Gasteiger partial charge >= 0.3 is 0 Å². The predicted octanol–water partition coefficient (Wildman–Crippen LogP) is 5.45. The second-order valence-corrected chi connectivity index (χ2v) is 11.7. The summed E-state index contributed by atoms with van der Waals surface area (Å²) in [6.45, 7) is 4.79. The number of nitrogens with one attached hydrogen (secondary N) is 3. The maximum absolute atomic E-state index is 12.9. The number of H-pyrrole nitrogens is 1. The SMILES string of the molecule is Cc1cc(C(=O)N2CCc3sc(-c4nc(Nc5ccc(OCCC6CCCN6)cc5)nc5[nH]ccc45)cc3C2)no1. The molecule has 2 aliphatic heterocycles. The molecular weight excluding hydrogens is 538 g/mol. The van der Waals surface area contributed by atoms with E-state index in [1.54, 1.807) is 24.3 Å². The number of benzene rings is 1. The fourth-order valence-corrected chi connectivity index (χ4v) is 6.69. The number of rotatable bonds is 8. The van der Waals surface area contributed by atoms with E-state index in [0.29, 0.717) is 43.1 Å². The fraction of sp³-hybridized carbons (Fsp3) is 0.333. The lowest BCUT2D eigenvalue weighted by molar-refractivity contribution is 0.0725. The monoisotopic (exact) mass is 569 g/mol. The van der Waals surface area contributed by atoms with Crippen molar-refractivity contribution in [3.63, 3.8) is 0 Å². The van der Waals surface area contributed by atoms with Crippen molar-refractivity contribution in [2.24, 2.45) is 0 Å². The summed E-state index contributed by atoms with van der Waals surface area (Å²) in [4.78, 5) is 30.0. The summed E-state index contributed by atoms with van der Waals surface area (Å²) in [7, 11) is 0. The number of ether oxygens (including phenoxy) is 1. The first-order valence-corrected chi connectivity index (χ1v) is 14.8. The molecule has 1 amide bonds. The highest BCUT2D eigenvalue weighted by molar-refractivity contribution is 7.15. The number of aromatic nitrogens is 4. The Bertz CT molecular complexity index is 1680. The topological polar surface area (TPSA) is 121 Å². The molecule has 11 heteroatoms. The molecule has 210 valence electrons. The molecule has 1 unspecified atom stereocenters. The average Bonchev–Trinajstić information content (AvgIpc) is 3.80. The van der Waals surface area contributed by atoms with E-state index < -0.39 is 0 Å². The summed E-state index contributed by atoms with van der Waals surface area (Å²) in [5, 5.41) is 11.7. The Morgan fingerprint density at radius 1 is 1.22 bits per heavy atom. The van der Waals surface area contributed by atoms with E-state index in [1.165, 1.54) is 17.7 Å². The Morgan fingerprint density at radius 3 is 2.93 bits per heavy atom. The molecule has 2 aliphatic rings. The Balaban J connectivity index is 1.07. The first-order chi connectivity index (χ1) is 20.1. The summed E-state index contributed by atoms with van der Waals surface area (Å²) in [6, 6.07) is 14.3. The van der Waals surface area contributed by atoms with Crippen molar-refractivity contribution in [3.05, 3.63) is 70.6 Å². The number of amides is 1. The van der Waals surface area contributed by atoms with Crippen LogP contribution < -0.4 is 15.4 Å². The van der Waals surface area contributed by atoms with Crippen molar-refractivity contribution in [1.82, 2.24) is 30.3 Å². The van der Waals surface area contributed by atoms with Crippen LogP contribution in [-0.2, 0) is 13.0 Å². The van der Waals surface area contributed by atoms with Gasteiger partial charge in [-0.15, -0.1) is 11.3 Å². The van der Waals surface area contributed by atoms with Gasteiger partial charge in [0.05, 0.1) is 17.2 Å². The van der Waals surface area contributed by atoms with Gasteiger partial charge in [-0.1, -0.05) is 5.16 Å². The Labute approximate surface area is 241 Å². The maximum Gasteiger partial charge on any atom is 0.276 e. The van der Waals surface area contributed by atoms with Gasteiger partial charge in [-0.3, -0.25) is 4.79 Å². The van der Waals surface area contributed by atoms with Crippen LogP contribution in [0.1, 0.15) is 46.0 Å². The molecular formula is C30H31N7O3S. The van der Waals surface area contributed by atoms with Crippen molar-refractivity contribution in [3.8, 4) is 16.3 Å². The van der Waals surface area contributed by atoms with Crippen LogP contribution in [0.15, 0.2) is 53.2 Å². The number of carbonyl (C=O) groups is 1. The van der Waals surface area contributed by atoms with Crippen LogP contribution in [0.2, 0.25) is 0 Å². The van der Waals surface area contributed by atoms with Gasteiger partial charge in [0.25, 0.3) is 5.91 Å². The van der Waals surface area contributed by atoms with Gasteiger partial charge in [-0.05, 0) is 81.1 Å². The fourth-order valence-electron chi connectivity index (χ4n) is 5.52. The molecule has 0 aliphatic carbocycles. The maximum atomic E-state index is 12.9. The molecule has 0 spiro atoms. The minimum absolute atomic E-state index is 0.107. The van der Waals surface area contributed by atoms with Crippen LogP contribution in [0.4, 0.5) is 11.6 Å². The normalized spacial score (nSPS) is 16.7. The number of hydrogen-bond donors (Lipinski definition) is 3. The predicted molar refractivity (Wildman–Crippen MR) is 158 cm³/mol. The standard InChI is InChI=1S/C30H31N7O3S/c1-18-15-24(36-40-18)29(38)37-13-9-25-19(17-37)16-26(41-25)27-23-8-12-32-28(23)35-30(34-27)33-21-4-6-22(7-5-21)39-14-10-20-3-2-11-31-20/h4-8,12,15-16,20,31H,2-3,9-11,13-14,17H2,1H3,(H2,32,33,34,35). The molecule has 1 aromatic carbocycles. The molecule has 4 aromatic heterocycles. The number of thiophene rings is 1. The van der Waals surface area contributed by atoms with Gasteiger partial charge < -0.3 is 29.8 Å². The summed E-state index contributed by atoms with van der Waals surface area (Å²) < 4.78 is 11.1. The number of hydrogen-bond acceptors (Lipinski definition) is 9. The number of aromatic amines is 1. The lowest BCUT2D eigenvalue weighted by Gasteiger charge is -2.25. The van der Waals surface area contributed by atoms with Crippen molar-refractivity contribution in [2.75, 3.05) is 25.0 Å². The third kappa shape index (κ3) is 5.42. The van der Waals surface area contributed by atoms with E-state index in [-0.39, 0.29) is 5.91 Å². The van der Waals surface area contributed by atoms with Gasteiger partial charge in [-0.2, -0.15) is 4.98 Å². The largest absolute Gasteiger partial charge is 0.494 e. The summed E-state index contributed by atoms with van der Waals surface area (Å²) in [6.07, 6.45) is 6.18. The zero-order chi connectivity index (χ0) is 27.8. The lowest BCUT2D eigenvalue weighted by Crippen LogP contribution is -2.35. The summed E-state index contributed by atoms with van der Waals surface area (Å²) in [5.41, 5.74) is 4.00. The summed E-state index contributed by atoms with van der Waals surface area (Å²) in [5.74, 6) is 1.89. The van der Waals surface area contributed by atoms with Crippen molar-refractivity contribution in [1.29, 1.82) is 0 Å². The average molecular weight is 570 g/mol. The zero-order valence-corrected chi connectivity index (χ0v) is 23.6. The van der Waals surface area contributed by atoms with Crippen LogP contribution in [0.5, 0.6) is 5.75 Å². The van der Waals surface area contributed by atoms with Crippen LogP contribution in [0.25, 0.3) is 21.6 Å². The van der Waals surface area contributed by atoms with Gasteiger partial charge in [0.1, 0.15) is 17.2 Å². The number of fused-ring (bicyclic) bond motifs is 2. The van der Waals surface area contributed by atoms with Crippen molar-refractivity contribution in [2.45, 2.75) is 45.2 Å². The molecule has 1 atom stereocenters. The second kappa shape index (κ2) is 11.0. The second-order valence-electron chi connectivity index (χ2n) is 10.6. The molecule has 6 heterocycles. The van der Waals surface area contributed by atoms with E-state index in [2.05, 4.69) is 26.8 Å². The molecule has 5 aromatic rings. The van der Waals surface area contributed by atoms with E-state index in [4.69, 9.17) is 19.2 Å². The number of carbonyl (C=O) groups excluding carboxylic acids is 1. The third-order valence-electron chi connectivity index (χ3n) is 7.66. The van der Waals surface area contributed by atoms with Crippen molar-refractivity contribution >= 4 is 39.9 Å². The summed E-state index contributed by atoms with van der Waals surface area (Å²) >= 11 is 1.73. The first kappa shape index (κ1) is 25.7. The van der Waals surface area contributed by atoms with E-state index in [9.17, 15) is 4.79 Å². The third-order valence-corrected chi connectivity index (χ3v) is 8.90. The quantitative estimate of drug-likeness (QED) is 0.226. The molecule has 1 saturated heterocycles. The van der Waals surface area contributed by atoms with E-state index in [1.807, 2.05) is 41.4 Å². The lowest BCUT2D eigenvalue weighted by atomic mass is 10.1. The Kier molecular flexibility index (Phi) is 6.89. The number of anilines is 2. The van der Waals surface area contributed by atoms with E-state index >= 15 is 0 Å². The molecule has 7 rings (SSSR count). The molecule has 0 saturated carbocycles. The highest BCUT2D eigenvalue weighted by Gasteiger charge is 2.26. The number of nitrogens with zero attached hydrogens (tertiary/aromatic N) is 4. The van der Waals surface area contributed by atoms with Crippen molar-refractivity contribution < 1.29 is 14.1 Å². The molecule has 10 nitrogen and oxygen atoms in total. The minimum atomic E-state index is -0.107. The van der Waals surface area contributed by atoms with Crippen LogP contribution in [-0.4, -0.2) is 56.7 Å². The van der Waals surface area contributed by atoms with Gasteiger partial charge in [-0.25, -0.2) is 4.98 Å². The Morgan fingerprint density at radius 2 is 2.12 bits per heavy atom. The van der Waals surface area contributed by atoms with E-state index in [0.717, 1.165) is 58.0 Å². The number of aryl methyl sites for hydroxylation is 1. The molecule has 41 heavy (non-hydrogen) atoms. The minimum Gasteiger partial charge on any atom is -0.494 e. The first-order valence-electron chi connectivity index (χ1n) is 14.0. The molecule has 3 N–H and O–H groups in total. The van der Waals surface area contributed by atoms with Gasteiger partial charge in [0.2, 0.25) is 5.95 Å². The zero-order valence-electron chi connectivity index (χ0n) is 22.8. The van der Waals surface area contributed by atoms with Gasteiger partial charge in [0, 0.05) is 47.3 Å². The highest BCUT2D eigenvalue weighted by atomic mass is 32.1. The molecule has 1 fully saturated rings. The Hall–Kier alpha value is -4.22. The highest BCUT2D eigenvalue weighted by Crippen LogP contribution is 2.37. The van der Waals surface area contributed by atoms with Crippen LogP contribution >= 0.6 is 11.3 Å². The molecule has 0 radical (unpaired) electrons. The van der Waals surface area contributed by atoms with Crippen LogP contribution in [0.3, 0.4) is 0 Å². The van der Waals surface area contributed by atoms with Crippen LogP contribution in [0, 0.1) is 6.92 Å². The smallest absolute Gasteiger partial charge is 0.276 e. The van der Waals surface area contributed by atoms with Gasteiger partial charge in [0.15, 0.2) is 5.69 Å².